The summed E-state index contributed by atoms with van der Waals surface area (Å²) in [5.41, 5.74) is 6.81. The van der Waals surface area contributed by atoms with Crippen LogP contribution in [-0.2, 0) is 11.8 Å². The maximum absolute atomic E-state index is 12.2. The summed E-state index contributed by atoms with van der Waals surface area (Å²) >= 11 is 0. The van der Waals surface area contributed by atoms with Gasteiger partial charge in [0.1, 0.15) is 0 Å². The van der Waals surface area contributed by atoms with E-state index >= 15 is 0 Å². The number of aryl methyl sites for hydroxylation is 2. The van der Waals surface area contributed by atoms with Gasteiger partial charge in [-0.25, -0.2) is 0 Å². The summed E-state index contributed by atoms with van der Waals surface area (Å²) in [7, 11) is 1.82. The molecule has 174 valence electrons. The quantitative estimate of drug-likeness (QED) is 0.636. The normalized spacial score (nSPS) is 20.2. The standard InChI is InChI=1S/C27H34N4O2/c1-16(2)24-21-14-19(18-8-11-31(12-9-18)23-7-10-28-26(23)32)5-6-22(21)29-25(24)20-13-17(3)27(33)30(4)15-20/h5-6,13-16,18,23,29H,7-12H2,1-4H3,(H,28,32)/t23-/m1/s1. The van der Waals surface area contributed by atoms with Gasteiger partial charge in [0.25, 0.3) is 5.56 Å². The smallest absolute Gasteiger partial charge is 0.253 e. The van der Waals surface area contributed by atoms with E-state index in [-0.39, 0.29) is 17.5 Å². The van der Waals surface area contributed by atoms with E-state index in [1.54, 1.807) is 4.57 Å². The number of aromatic amines is 1. The zero-order valence-corrected chi connectivity index (χ0v) is 20.1. The second-order valence-electron chi connectivity index (χ2n) is 10.1. The molecule has 1 atom stereocenters. The number of H-pyrrole nitrogens is 1. The van der Waals surface area contributed by atoms with Crippen LogP contribution < -0.4 is 10.9 Å². The highest BCUT2D eigenvalue weighted by Gasteiger charge is 2.33. The van der Waals surface area contributed by atoms with E-state index in [1.807, 2.05) is 26.2 Å². The number of fused-ring (bicyclic) bond motifs is 1. The molecular formula is C27H34N4O2. The van der Waals surface area contributed by atoms with Crippen LogP contribution in [0.3, 0.4) is 0 Å². The summed E-state index contributed by atoms with van der Waals surface area (Å²) in [6.45, 7) is 9.12. The van der Waals surface area contributed by atoms with Crippen LogP contribution in [0.4, 0.5) is 0 Å². The number of likely N-dealkylation sites (tertiary alicyclic amines) is 1. The van der Waals surface area contributed by atoms with Crippen LogP contribution in [0.25, 0.3) is 22.2 Å². The van der Waals surface area contributed by atoms with Gasteiger partial charge in [-0.05, 0) is 80.4 Å². The van der Waals surface area contributed by atoms with Crippen molar-refractivity contribution in [2.45, 2.75) is 57.9 Å². The number of hydrogen-bond donors (Lipinski definition) is 2. The Morgan fingerprint density at radius 2 is 1.82 bits per heavy atom. The third-order valence-electron chi connectivity index (χ3n) is 7.55. The minimum Gasteiger partial charge on any atom is -0.355 e. The molecule has 3 aromatic rings. The number of aromatic nitrogens is 2. The van der Waals surface area contributed by atoms with Crippen LogP contribution in [0.2, 0.25) is 0 Å². The van der Waals surface area contributed by atoms with Gasteiger partial charge in [0.05, 0.1) is 11.7 Å². The van der Waals surface area contributed by atoms with E-state index in [0.717, 1.165) is 61.2 Å². The summed E-state index contributed by atoms with van der Waals surface area (Å²) < 4.78 is 1.67. The number of rotatable bonds is 4. The first-order chi connectivity index (χ1) is 15.8. The molecule has 0 radical (unpaired) electrons. The molecule has 33 heavy (non-hydrogen) atoms. The zero-order valence-electron chi connectivity index (χ0n) is 20.1. The number of piperidine rings is 1. The summed E-state index contributed by atoms with van der Waals surface area (Å²) in [5.74, 6) is 1.07. The molecule has 1 amide bonds. The van der Waals surface area contributed by atoms with E-state index in [4.69, 9.17) is 0 Å². The molecule has 0 aliphatic carbocycles. The highest BCUT2D eigenvalue weighted by molar-refractivity contribution is 5.92. The number of pyridine rings is 1. The molecule has 2 aromatic heterocycles. The van der Waals surface area contributed by atoms with Crippen molar-refractivity contribution < 1.29 is 4.79 Å². The third kappa shape index (κ3) is 3.90. The van der Waals surface area contributed by atoms with E-state index in [9.17, 15) is 9.59 Å². The highest BCUT2D eigenvalue weighted by Crippen LogP contribution is 2.38. The van der Waals surface area contributed by atoms with Crippen molar-refractivity contribution >= 4 is 16.8 Å². The number of nitrogens with one attached hydrogen (secondary N) is 2. The first kappa shape index (κ1) is 22.0. The van der Waals surface area contributed by atoms with Crippen molar-refractivity contribution in [2.24, 2.45) is 7.05 Å². The van der Waals surface area contributed by atoms with Crippen LogP contribution in [-0.4, -0.2) is 46.0 Å². The van der Waals surface area contributed by atoms with Gasteiger partial charge in [-0.3, -0.25) is 14.5 Å². The molecule has 1 aromatic carbocycles. The second-order valence-corrected chi connectivity index (χ2v) is 10.1. The molecule has 4 heterocycles. The molecule has 2 aliphatic rings. The maximum atomic E-state index is 12.2. The summed E-state index contributed by atoms with van der Waals surface area (Å²) in [5, 5.41) is 4.25. The SMILES string of the molecule is Cc1cc(-c2[nH]c3ccc(C4CCN([C@@H]5CCNC5=O)CC4)cc3c2C(C)C)cn(C)c1=O. The summed E-state index contributed by atoms with van der Waals surface area (Å²) in [6, 6.07) is 8.92. The van der Waals surface area contributed by atoms with Crippen molar-refractivity contribution in [3.05, 3.63) is 57.5 Å². The lowest BCUT2D eigenvalue weighted by Crippen LogP contribution is -2.44. The Labute approximate surface area is 195 Å². The van der Waals surface area contributed by atoms with Gasteiger partial charge in [0.2, 0.25) is 5.91 Å². The number of benzene rings is 1. The Balaban J connectivity index is 1.46. The van der Waals surface area contributed by atoms with Crippen LogP contribution in [0.15, 0.2) is 35.3 Å². The predicted octanol–water partition coefficient (Wildman–Crippen LogP) is 4.03. The lowest BCUT2D eigenvalue weighted by molar-refractivity contribution is -0.124. The molecule has 2 aliphatic heterocycles. The van der Waals surface area contributed by atoms with Crippen LogP contribution in [0, 0.1) is 6.92 Å². The molecule has 2 fully saturated rings. The molecule has 2 saturated heterocycles. The first-order valence-electron chi connectivity index (χ1n) is 12.2. The van der Waals surface area contributed by atoms with Gasteiger partial charge < -0.3 is 14.9 Å². The Morgan fingerprint density at radius 3 is 2.45 bits per heavy atom. The minimum absolute atomic E-state index is 0.0460. The molecule has 2 N–H and O–H groups in total. The van der Waals surface area contributed by atoms with Crippen molar-refractivity contribution in [1.29, 1.82) is 0 Å². The van der Waals surface area contributed by atoms with Gasteiger partial charge in [-0.15, -0.1) is 0 Å². The topological polar surface area (TPSA) is 70.1 Å². The predicted molar refractivity (Wildman–Crippen MR) is 133 cm³/mol. The number of carbonyl (C=O) groups excluding carboxylic acids is 1. The van der Waals surface area contributed by atoms with Gasteiger partial charge in [0.15, 0.2) is 0 Å². The van der Waals surface area contributed by atoms with Crippen LogP contribution in [0.5, 0.6) is 0 Å². The van der Waals surface area contributed by atoms with Crippen molar-refractivity contribution in [3.8, 4) is 11.3 Å². The van der Waals surface area contributed by atoms with Crippen molar-refractivity contribution in [3.63, 3.8) is 0 Å². The van der Waals surface area contributed by atoms with Crippen LogP contribution in [0.1, 0.15) is 61.6 Å². The van der Waals surface area contributed by atoms with E-state index < -0.39 is 0 Å². The van der Waals surface area contributed by atoms with Gasteiger partial charge in [0, 0.05) is 41.8 Å². The Bertz CT molecular complexity index is 1230. The fraction of sp³-hybridized carbons (Fsp3) is 0.481. The molecular weight excluding hydrogens is 412 g/mol. The maximum Gasteiger partial charge on any atom is 0.253 e. The molecule has 5 rings (SSSR count). The third-order valence-corrected chi connectivity index (χ3v) is 7.55. The van der Waals surface area contributed by atoms with Crippen molar-refractivity contribution in [1.82, 2.24) is 19.8 Å². The Morgan fingerprint density at radius 1 is 1.06 bits per heavy atom. The monoisotopic (exact) mass is 446 g/mol. The van der Waals surface area contributed by atoms with E-state index in [1.165, 1.54) is 16.5 Å². The number of amides is 1. The van der Waals surface area contributed by atoms with E-state index in [2.05, 4.69) is 47.2 Å². The summed E-state index contributed by atoms with van der Waals surface area (Å²) in [6.07, 6.45) is 5.04. The van der Waals surface area contributed by atoms with Crippen molar-refractivity contribution in [2.75, 3.05) is 19.6 Å². The zero-order chi connectivity index (χ0) is 23.3. The lowest BCUT2D eigenvalue weighted by Gasteiger charge is -2.35. The molecule has 0 unspecified atom stereocenters. The minimum atomic E-state index is 0.0460. The highest BCUT2D eigenvalue weighted by atomic mass is 16.2. The fourth-order valence-electron chi connectivity index (χ4n) is 5.80. The molecule has 6 heteroatoms. The Hall–Kier alpha value is -2.86. The van der Waals surface area contributed by atoms with Gasteiger partial charge >= 0.3 is 0 Å². The fourth-order valence-corrected chi connectivity index (χ4v) is 5.80. The number of nitrogens with zero attached hydrogens (tertiary/aromatic N) is 2. The summed E-state index contributed by atoms with van der Waals surface area (Å²) in [4.78, 5) is 30.3. The lowest BCUT2D eigenvalue weighted by atomic mass is 9.87. The number of carbonyl (C=O) groups is 1. The molecule has 0 saturated carbocycles. The van der Waals surface area contributed by atoms with Crippen LogP contribution >= 0.6 is 0 Å². The van der Waals surface area contributed by atoms with Gasteiger partial charge in [-0.1, -0.05) is 19.9 Å². The average Bonchev–Trinajstić information content (AvgIpc) is 3.40. The molecule has 6 nitrogen and oxygen atoms in total. The molecule has 0 spiro atoms. The van der Waals surface area contributed by atoms with E-state index in [0.29, 0.717) is 11.8 Å². The largest absolute Gasteiger partial charge is 0.355 e. The average molecular weight is 447 g/mol. The second kappa shape index (κ2) is 8.49. The Kier molecular flexibility index (Phi) is 5.65. The van der Waals surface area contributed by atoms with Gasteiger partial charge in [-0.2, -0.15) is 0 Å². The first-order valence-corrected chi connectivity index (χ1v) is 12.2. The molecule has 0 bridgehead atoms. The number of hydrogen-bond acceptors (Lipinski definition) is 3.